The van der Waals surface area contributed by atoms with Crippen LogP contribution < -0.4 is 5.32 Å². The van der Waals surface area contributed by atoms with Crippen LogP contribution in [0.15, 0.2) is 0 Å². The van der Waals surface area contributed by atoms with E-state index >= 15 is 0 Å². The Balaban J connectivity index is 1.90. The van der Waals surface area contributed by atoms with Gasteiger partial charge in [0.2, 0.25) is 0 Å². The van der Waals surface area contributed by atoms with Crippen LogP contribution in [0.2, 0.25) is 0 Å². The van der Waals surface area contributed by atoms with E-state index in [2.05, 4.69) is 24.2 Å². The number of hydrogen-bond donors (Lipinski definition) is 1. The topological polar surface area (TPSA) is 35.6 Å². The van der Waals surface area contributed by atoms with Crippen molar-refractivity contribution in [1.82, 2.24) is 15.1 Å². The molecule has 0 bridgehead atoms. The molecule has 4 nitrogen and oxygen atoms in total. The van der Waals surface area contributed by atoms with E-state index in [1.54, 1.807) is 0 Å². The smallest absolute Gasteiger partial charge is 0.317 e. The van der Waals surface area contributed by atoms with Gasteiger partial charge in [0.1, 0.15) is 0 Å². The van der Waals surface area contributed by atoms with Gasteiger partial charge >= 0.3 is 6.03 Å². The maximum atomic E-state index is 11.9. The lowest BCUT2D eigenvalue weighted by Crippen LogP contribution is -2.47. The summed E-state index contributed by atoms with van der Waals surface area (Å²) in [7, 11) is 2.12. The first kappa shape index (κ1) is 10.7. The monoisotopic (exact) mass is 211 g/mol. The first-order valence-corrected chi connectivity index (χ1v) is 5.92. The Kier molecular flexibility index (Phi) is 3.14. The molecule has 2 aliphatic rings. The van der Waals surface area contributed by atoms with E-state index in [4.69, 9.17) is 0 Å². The summed E-state index contributed by atoms with van der Waals surface area (Å²) in [5.41, 5.74) is 0. The van der Waals surface area contributed by atoms with Gasteiger partial charge in [-0.3, -0.25) is 0 Å². The van der Waals surface area contributed by atoms with Crippen LogP contribution in [0.25, 0.3) is 0 Å². The molecule has 1 heterocycles. The van der Waals surface area contributed by atoms with E-state index in [9.17, 15) is 4.79 Å². The molecule has 15 heavy (non-hydrogen) atoms. The van der Waals surface area contributed by atoms with Crippen LogP contribution in [0.3, 0.4) is 0 Å². The van der Waals surface area contributed by atoms with Crippen molar-refractivity contribution in [2.75, 3.05) is 26.7 Å². The third kappa shape index (κ3) is 2.84. The first-order valence-electron chi connectivity index (χ1n) is 5.92. The zero-order chi connectivity index (χ0) is 10.8. The van der Waals surface area contributed by atoms with Gasteiger partial charge in [-0.15, -0.1) is 0 Å². The molecule has 1 aliphatic heterocycles. The van der Waals surface area contributed by atoms with Crippen molar-refractivity contribution >= 4 is 6.03 Å². The van der Waals surface area contributed by atoms with Crippen LogP contribution in [0.4, 0.5) is 4.79 Å². The lowest BCUT2D eigenvalue weighted by atomic mass is 10.3. The van der Waals surface area contributed by atoms with E-state index < -0.39 is 0 Å². The minimum Gasteiger partial charge on any atom is -0.335 e. The van der Waals surface area contributed by atoms with Crippen molar-refractivity contribution in [2.45, 2.75) is 38.3 Å². The van der Waals surface area contributed by atoms with E-state index in [-0.39, 0.29) is 6.03 Å². The summed E-state index contributed by atoms with van der Waals surface area (Å²) < 4.78 is 0. The summed E-state index contributed by atoms with van der Waals surface area (Å²) in [6.07, 6.45) is 3.40. The predicted molar refractivity (Wildman–Crippen MR) is 59.8 cm³/mol. The second kappa shape index (κ2) is 4.39. The number of rotatable bonds is 1. The van der Waals surface area contributed by atoms with E-state index in [0.717, 1.165) is 38.9 Å². The maximum Gasteiger partial charge on any atom is 0.317 e. The fraction of sp³-hybridized carbons (Fsp3) is 0.909. The fourth-order valence-corrected chi connectivity index (χ4v) is 2.16. The Bertz CT molecular complexity index is 240. The molecule has 0 radical (unpaired) electrons. The summed E-state index contributed by atoms with van der Waals surface area (Å²) in [6.45, 7) is 5.11. The average molecular weight is 211 g/mol. The van der Waals surface area contributed by atoms with Crippen molar-refractivity contribution in [3.05, 3.63) is 0 Å². The molecule has 4 heteroatoms. The van der Waals surface area contributed by atoms with Gasteiger partial charge in [-0.1, -0.05) is 0 Å². The largest absolute Gasteiger partial charge is 0.335 e. The summed E-state index contributed by atoms with van der Waals surface area (Å²) in [6, 6.07) is 0.933. The van der Waals surface area contributed by atoms with Gasteiger partial charge in [-0.05, 0) is 39.8 Å². The molecule has 2 rings (SSSR count). The molecule has 1 unspecified atom stereocenters. The van der Waals surface area contributed by atoms with Gasteiger partial charge in [0.25, 0.3) is 0 Å². The summed E-state index contributed by atoms with van der Waals surface area (Å²) in [4.78, 5) is 16.2. The second-order valence-electron chi connectivity index (χ2n) is 4.88. The highest BCUT2D eigenvalue weighted by Crippen LogP contribution is 2.19. The van der Waals surface area contributed by atoms with Crippen LogP contribution in [0, 0.1) is 0 Å². The molecule has 0 aromatic rings. The van der Waals surface area contributed by atoms with E-state index in [0.29, 0.717) is 12.1 Å². The molecule has 0 aromatic heterocycles. The lowest BCUT2D eigenvalue weighted by Gasteiger charge is -2.28. The third-order valence-corrected chi connectivity index (χ3v) is 3.21. The molecular formula is C11H21N3O. The predicted octanol–water partition coefficient (Wildman–Crippen LogP) is 0.884. The highest BCUT2D eigenvalue weighted by Gasteiger charge is 2.29. The summed E-state index contributed by atoms with van der Waals surface area (Å²) in [5, 5.41) is 3.07. The molecule has 0 aromatic carbocycles. The molecule has 1 aliphatic carbocycles. The average Bonchev–Trinajstić information content (AvgIpc) is 2.94. The van der Waals surface area contributed by atoms with Crippen LogP contribution in [0.1, 0.15) is 26.2 Å². The fourth-order valence-electron chi connectivity index (χ4n) is 2.16. The van der Waals surface area contributed by atoms with Crippen molar-refractivity contribution in [1.29, 1.82) is 0 Å². The summed E-state index contributed by atoms with van der Waals surface area (Å²) >= 11 is 0. The van der Waals surface area contributed by atoms with Crippen LogP contribution in [-0.2, 0) is 0 Å². The number of likely N-dealkylation sites (N-methyl/N-ethyl adjacent to an activating group) is 1. The molecule has 0 spiro atoms. The van der Waals surface area contributed by atoms with Crippen LogP contribution in [0.5, 0.6) is 0 Å². The highest BCUT2D eigenvalue weighted by molar-refractivity contribution is 5.75. The van der Waals surface area contributed by atoms with E-state index in [1.807, 2.05) is 4.90 Å². The lowest BCUT2D eigenvalue weighted by molar-refractivity contribution is 0.177. The molecule has 1 saturated heterocycles. The number of hydrogen-bond acceptors (Lipinski definition) is 2. The van der Waals surface area contributed by atoms with Gasteiger partial charge in [0, 0.05) is 25.2 Å². The van der Waals surface area contributed by atoms with Crippen LogP contribution in [-0.4, -0.2) is 54.6 Å². The third-order valence-electron chi connectivity index (χ3n) is 3.21. The van der Waals surface area contributed by atoms with Gasteiger partial charge in [-0.25, -0.2) is 4.79 Å². The molecule has 1 atom stereocenters. The Morgan fingerprint density at radius 3 is 2.73 bits per heavy atom. The molecule has 2 fully saturated rings. The number of nitrogens with zero attached hydrogens (tertiary/aromatic N) is 2. The van der Waals surface area contributed by atoms with Gasteiger partial charge in [-0.2, -0.15) is 0 Å². The Morgan fingerprint density at radius 1 is 1.33 bits per heavy atom. The first-order chi connectivity index (χ1) is 7.16. The highest BCUT2D eigenvalue weighted by atomic mass is 16.2. The standard InChI is InChI=1S/C11H21N3O/c1-9-8-13(2)6-3-7-14(9)11(15)12-10-4-5-10/h9-10H,3-8H2,1-2H3,(H,12,15). The zero-order valence-corrected chi connectivity index (χ0v) is 9.70. The van der Waals surface area contributed by atoms with Crippen LogP contribution >= 0.6 is 0 Å². The maximum absolute atomic E-state index is 11.9. The van der Waals surface area contributed by atoms with Gasteiger partial charge < -0.3 is 15.1 Å². The molecule has 86 valence electrons. The number of carbonyl (C=O) groups excluding carboxylic acids is 1. The number of carbonyl (C=O) groups is 1. The molecular weight excluding hydrogens is 190 g/mol. The SMILES string of the molecule is CC1CN(C)CCCN1C(=O)NC1CC1. The second-order valence-corrected chi connectivity index (χ2v) is 4.88. The Hall–Kier alpha value is -0.770. The van der Waals surface area contributed by atoms with Gasteiger partial charge in [0.15, 0.2) is 0 Å². The molecule has 1 saturated carbocycles. The normalized spacial score (nSPS) is 28.7. The molecule has 2 amide bonds. The number of amides is 2. The Labute approximate surface area is 91.6 Å². The van der Waals surface area contributed by atoms with Crippen molar-refractivity contribution < 1.29 is 4.79 Å². The van der Waals surface area contributed by atoms with E-state index in [1.165, 1.54) is 0 Å². The quantitative estimate of drug-likeness (QED) is 0.699. The van der Waals surface area contributed by atoms with Crippen molar-refractivity contribution in [2.24, 2.45) is 0 Å². The van der Waals surface area contributed by atoms with Gasteiger partial charge in [0.05, 0.1) is 0 Å². The van der Waals surface area contributed by atoms with Crippen molar-refractivity contribution in [3.8, 4) is 0 Å². The number of nitrogens with one attached hydrogen (secondary N) is 1. The minimum atomic E-state index is 0.139. The molecule has 1 N–H and O–H groups in total. The zero-order valence-electron chi connectivity index (χ0n) is 9.70. The summed E-state index contributed by atoms with van der Waals surface area (Å²) in [5.74, 6) is 0. The minimum absolute atomic E-state index is 0.139. The number of urea groups is 1. The van der Waals surface area contributed by atoms with Crippen molar-refractivity contribution in [3.63, 3.8) is 0 Å². The Morgan fingerprint density at radius 2 is 2.07 bits per heavy atom.